The number of carbonyl (C=O) groups is 1. The van der Waals surface area contributed by atoms with E-state index in [0.29, 0.717) is 23.3 Å². The minimum Gasteiger partial charge on any atom is -0.360 e. The molecule has 2 heterocycles. The van der Waals surface area contributed by atoms with E-state index in [0.717, 1.165) is 12.1 Å². The molecule has 2 N–H and O–H groups in total. The molecule has 0 bridgehead atoms. The molecule has 0 saturated carbocycles. The van der Waals surface area contributed by atoms with E-state index in [2.05, 4.69) is 20.8 Å². The highest BCUT2D eigenvalue weighted by Crippen LogP contribution is 2.19. The molecule has 0 atom stereocenters. The monoisotopic (exact) mass is 330 g/mol. The van der Waals surface area contributed by atoms with Gasteiger partial charge in [0.2, 0.25) is 0 Å². The maximum Gasteiger partial charge on any atom is 0.257 e. The second-order valence-electron chi connectivity index (χ2n) is 4.99. The predicted octanol–water partition coefficient (Wildman–Crippen LogP) is 3.65. The molecule has 2 aromatic heterocycles. The minimum absolute atomic E-state index is 0.119. The van der Waals surface area contributed by atoms with Gasteiger partial charge in [-0.2, -0.15) is 0 Å². The molecular weight excluding hydrogens is 318 g/mol. The number of aryl methyl sites for hydroxylation is 1. The van der Waals surface area contributed by atoms with Gasteiger partial charge in [-0.15, -0.1) is 0 Å². The number of carbonyl (C=O) groups excluding carboxylic acids is 1. The molecule has 0 unspecified atom stereocenters. The first kappa shape index (κ1) is 15.6. The van der Waals surface area contributed by atoms with E-state index in [1.165, 1.54) is 18.5 Å². The molecule has 3 aromatic rings. The van der Waals surface area contributed by atoms with Crippen LogP contribution in [0, 0.1) is 18.6 Å². The highest BCUT2D eigenvalue weighted by molar-refractivity contribution is 6.04. The summed E-state index contributed by atoms with van der Waals surface area (Å²) in [5, 5.41) is 9.07. The summed E-state index contributed by atoms with van der Waals surface area (Å²) < 4.78 is 31.4. The summed E-state index contributed by atoms with van der Waals surface area (Å²) in [5.41, 5.74) is 0.589. The Morgan fingerprint density at radius 2 is 2.00 bits per heavy atom. The molecule has 1 amide bonds. The normalized spacial score (nSPS) is 10.5. The number of nitrogens with one attached hydrogen (secondary N) is 2. The molecule has 0 radical (unpaired) electrons. The molecule has 0 aliphatic rings. The Bertz CT molecular complexity index is 895. The Morgan fingerprint density at radius 1 is 1.17 bits per heavy atom. The van der Waals surface area contributed by atoms with E-state index in [1.54, 1.807) is 13.0 Å². The second-order valence-corrected chi connectivity index (χ2v) is 4.99. The van der Waals surface area contributed by atoms with Crippen LogP contribution in [-0.4, -0.2) is 16.0 Å². The summed E-state index contributed by atoms with van der Waals surface area (Å²) in [4.78, 5) is 16.1. The Balaban J connectivity index is 1.76. The maximum atomic E-state index is 13.6. The molecule has 24 heavy (non-hydrogen) atoms. The second kappa shape index (κ2) is 6.45. The zero-order valence-corrected chi connectivity index (χ0v) is 12.5. The maximum absolute atomic E-state index is 13.6. The summed E-state index contributed by atoms with van der Waals surface area (Å²) >= 11 is 0. The molecule has 0 saturated heterocycles. The number of amides is 1. The predicted molar refractivity (Wildman–Crippen MR) is 83.1 cm³/mol. The van der Waals surface area contributed by atoms with Gasteiger partial charge in [-0.05, 0) is 25.1 Å². The van der Waals surface area contributed by atoms with Crippen LogP contribution in [0.25, 0.3) is 0 Å². The number of benzene rings is 1. The van der Waals surface area contributed by atoms with Crippen molar-refractivity contribution in [3.8, 4) is 0 Å². The summed E-state index contributed by atoms with van der Waals surface area (Å²) in [6.07, 6.45) is 2.83. The number of pyridine rings is 1. The van der Waals surface area contributed by atoms with Crippen LogP contribution in [0.2, 0.25) is 0 Å². The largest absolute Gasteiger partial charge is 0.360 e. The van der Waals surface area contributed by atoms with E-state index < -0.39 is 17.5 Å². The zero-order valence-electron chi connectivity index (χ0n) is 12.5. The Morgan fingerprint density at radius 3 is 2.71 bits per heavy atom. The number of hydrogen-bond donors (Lipinski definition) is 2. The van der Waals surface area contributed by atoms with Crippen LogP contribution < -0.4 is 10.6 Å². The molecule has 1 aromatic carbocycles. The van der Waals surface area contributed by atoms with Crippen molar-refractivity contribution in [2.45, 2.75) is 6.92 Å². The first-order chi connectivity index (χ1) is 11.5. The SMILES string of the molecule is Cc1cc(Nc2cncc(C(=O)Nc3ccc(F)cc3F)c2)no1. The quantitative estimate of drug-likeness (QED) is 0.763. The third kappa shape index (κ3) is 3.54. The Kier molecular flexibility index (Phi) is 4.19. The lowest BCUT2D eigenvalue weighted by molar-refractivity contribution is 0.102. The first-order valence-corrected chi connectivity index (χ1v) is 6.93. The number of halogens is 2. The fraction of sp³-hybridized carbons (Fsp3) is 0.0625. The Labute approximate surface area is 135 Å². The summed E-state index contributed by atoms with van der Waals surface area (Å²) in [5.74, 6) is -1.06. The van der Waals surface area contributed by atoms with Crippen LogP contribution in [0.4, 0.5) is 26.0 Å². The molecule has 122 valence electrons. The van der Waals surface area contributed by atoms with Gasteiger partial charge in [-0.1, -0.05) is 5.16 Å². The van der Waals surface area contributed by atoms with Crippen LogP contribution in [0.3, 0.4) is 0 Å². The molecule has 6 nitrogen and oxygen atoms in total. The number of hydrogen-bond acceptors (Lipinski definition) is 5. The van der Waals surface area contributed by atoms with E-state index >= 15 is 0 Å². The topological polar surface area (TPSA) is 80.0 Å². The average molecular weight is 330 g/mol. The highest BCUT2D eigenvalue weighted by atomic mass is 19.1. The molecule has 3 rings (SSSR count). The van der Waals surface area contributed by atoms with Gasteiger partial charge in [0.1, 0.15) is 17.4 Å². The number of anilines is 3. The first-order valence-electron chi connectivity index (χ1n) is 6.93. The minimum atomic E-state index is -0.858. The molecule has 0 aliphatic heterocycles. The fourth-order valence-corrected chi connectivity index (χ4v) is 1.99. The van der Waals surface area contributed by atoms with Gasteiger partial charge < -0.3 is 15.2 Å². The fourth-order valence-electron chi connectivity index (χ4n) is 1.99. The lowest BCUT2D eigenvalue weighted by Crippen LogP contribution is -2.13. The van der Waals surface area contributed by atoms with Crippen molar-refractivity contribution in [3.63, 3.8) is 0 Å². The average Bonchev–Trinajstić information content (AvgIpc) is 2.95. The van der Waals surface area contributed by atoms with Gasteiger partial charge in [-0.25, -0.2) is 8.78 Å². The van der Waals surface area contributed by atoms with E-state index in [9.17, 15) is 13.6 Å². The summed E-state index contributed by atoms with van der Waals surface area (Å²) in [6.45, 7) is 1.75. The van der Waals surface area contributed by atoms with Crippen molar-refractivity contribution in [2.75, 3.05) is 10.6 Å². The van der Waals surface area contributed by atoms with Crippen LogP contribution in [0.1, 0.15) is 16.1 Å². The molecule has 0 fully saturated rings. The van der Waals surface area contributed by atoms with Crippen LogP contribution >= 0.6 is 0 Å². The number of nitrogens with zero attached hydrogens (tertiary/aromatic N) is 2. The summed E-state index contributed by atoms with van der Waals surface area (Å²) in [7, 11) is 0. The van der Waals surface area contributed by atoms with Gasteiger partial charge in [0.15, 0.2) is 5.82 Å². The highest BCUT2D eigenvalue weighted by Gasteiger charge is 2.11. The zero-order chi connectivity index (χ0) is 17.1. The van der Waals surface area contributed by atoms with Crippen LogP contribution in [0.5, 0.6) is 0 Å². The third-order valence-electron chi connectivity index (χ3n) is 3.08. The molecular formula is C16H12F2N4O2. The van der Waals surface area contributed by atoms with Crippen molar-refractivity contribution < 1.29 is 18.1 Å². The smallest absolute Gasteiger partial charge is 0.257 e. The van der Waals surface area contributed by atoms with Crippen molar-refractivity contribution in [1.82, 2.24) is 10.1 Å². The standard InChI is InChI=1S/C16H12F2N4O2/c1-9-4-15(22-24-9)20-12-5-10(7-19-8-12)16(23)21-14-3-2-11(17)6-13(14)18/h2-8H,1H3,(H,20,22)(H,21,23). The van der Waals surface area contributed by atoms with Crippen molar-refractivity contribution in [2.24, 2.45) is 0 Å². The molecule has 0 spiro atoms. The van der Waals surface area contributed by atoms with Gasteiger partial charge >= 0.3 is 0 Å². The Hall–Kier alpha value is -3.29. The number of rotatable bonds is 4. The van der Waals surface area contributed by atoms with Crippen molar-refractivity contribution in [1.29, 1.82) is 0 Å². The number of aromatic nitrogens is 2. The summed E-state index contributed by atoms with van der Waals surface area (Å²) in [6, 6.07) is 6.10. The van der Waals surface area contributed by atoms with Gasteiger partial charge in [0.25, 0.3) is 5.91 Å². The molecule has 8 heteroatoms. The van der Waals surface area contributed by atoms with Gasteiger partial charge in [-0.3, -0.25) is 9.78 Å². The lowest BCUT2D eigenvalue weighted by Gasteiger charge is -2.08. The van der Waals surface area contributed by atoms with Crippen LogP contribution in [-0.2, 0) is 0 Å². The van der Waals surface area contributed by atoms with E-state index in [-0.39, 0.29) is 11.3 Å². The lowest BCUT2D eigenvalue weighted by atomic mass is 10.2. The van der Waals surface area contributed by atoms with Crippen molar-refractivity contribution in [3.05, 3.63) is 65.7 Å². The van der Waals surface area contributed by atoms with E-state index in [1.807, 2.05) is 0 Å². The van der Waals surface area contributed by atoms with Gasteiger partial charge in [0, 0.05) is 18.3 Å². The van der Waals surface area contributed by atoms with Crippen LogP contribution in [0.15, 0.2) is 47.2 Å². The molecule has 0 aliphatic carbocycles. The van der Waals surface area contributed by atoms with E-state index in [4.69, 9.17) is 4.52 Å². The van der Waals surface area contributed by atoms with Crippen molar-refractivity contribution >= 4 is 23.1 Å². The van der Waals surface area contributed by atoms with Gasteiger partial charge in [0.05, 0.1) is 23.1 Å². The third-order valence-corrected chi connectivity index (χ3v) is 3.08.